The average Bonchev–Trinajstić information content (AvgIpc) is 1.95. The molecular weight excluding hydrogens is 201 g/mol. The van der Waals surface area contributed by atoms with E-state index in [2.05, 4.69) is 11.3 Å². The summed E-state index contributed by atoms with van der Waals surface area (Å²) < 4.78 is 37.5. The van der Waals surface area contributed by atoms with Gasteiger partial charge in [0.05, 0.1) is 0 Å². The van der Waals surface area contributed by atoms with E-state index < -0.39 is 16.4 Å². The SMILES string of the molecule is C=C(C)C(=O)OCCNS(=O)(=O)F. The Morgan fingerprint density at radius 2 is 2.15 bits per heavy atom. The maximum absolute atomic E-state index is 11.8. The second-order valence-corrected chi connectivity index (χ2v) is 3.41. The van der Waals surface area contributed by atoms with E-state index in [9.17, 15) is 17.1 Å². The molecule has 0 heterocycles. The summed E-state index contributed by atoms with van der Waals surface area (Å²) >= 11 is 0. The van der Waals surface area contributed by atoms with Gasteiger partial charge in [-0.25, -0.2) is 4.79 Å². The number of halogens is 1. The molecule has 1 N–H and O–H groups in total. The van der Waals surface area contributed by atoms with Gasteiger partial charge in [-0.2, -0.15) is 13.1 Å². The summed E-state index contributed by atoms with van der Waals surface area (Å²) in [6.07, 6.45) is 0. The van der Waals surface area contributed by atoms with Gasteiger partial charge in [0.1, 0.15) is 6.61 Å². The molecule has 76 valence electrons. The van der Waals surface area contributed by atoms with Crippen molar-refractivity contribution >= 4 is 16.4 Å². The first-order valence-corrected chi connectivity index (χ1v) is 4.73. The highest BCUT2D eigenvalue weighted by atomic mass is 32.3. The summed E-state index contributed by atoms with van der Waals surface area (Å²) in [6, 6.07) is 0. The molecule has 0 aromatic carbocycles. The fourth-order valence-corrected chi connectivity index (χ4v) is 0.758. The number of carbonyl (C=O) groups excluding carboxylic acids is 1. The summed E-state index contributed by atoms with van der Waals surface area (Å²) in [5.41, 5.74) is 0.197. The van der Waals surface area contributed by atoms with Gasteiger partial charge in [0, 0.05) is 12.1 Å². The quantitative estimate of drug-likeness (QED) is 0.298. The molecule has 0 unspecified atom stereocenters. The van der Waals surface area contributed by atoms with Gasteiger partial charge < -0.3 is 4.74 Å². The number of ether oxygens (including phenoxy) is 1. The standard InChI is InChI=1S/C6H10FNO4S/c1-5(2)6(9)12-4-3-8-13(7,10)11/h8H,1,3-4H2,2H3. The minimum atomic E-state index is -4.71. The van der Waals surface area contributed by atoms with Crippen LogP contribution in [0.5, 0.6) is 0 Å². The van der Waals surface area contributed by atoms with Crippen LogP contribution in [-0.2, 0) is 19.9 Å². The monoisotopic (exact) mass is 211 g/mol. The molecule has 0 saturated heterocycles. The Balaban J connectivity index is 3.59. The zero-order valence-electron chi connectivity index (χ0n) is 7.04. The lowest BCUT2D eigenvalue weighted by Gasteiger charge is -2.02. The lowest BCUT2D eigenvalue weighted by atomic mass is 10.4. The largest absolute Gasteiger partial charge is 0.461 e. The van der Waals surface area contributed by atoms with Crippen LogP contribution in [0, 0.1) is 0 Å². The van der Waals surface area contributed by atoms with E-state index in [4.69, 9.17) is 0 Å². The highest BCUT2D eigenvalue weighted by Crippen LogP contribution is 1.91. The van der Waals surface area contributed by atoms with Crippen molar-refractivity contribution < 1.29 is 21.8 Å². The molecule has 0 aromatic rings. The molecule has 0 rings (SSSR count). The molecule has 0 saturated carbocycles. The Morgan fingerprint density at radius 1 is 1.62 bits per heavy atom. The fourth-order valence-electron chi connectivity index (χ4n) is 0.431. The Kier molecular flexibility index (Phi) is 4.57. The Labute approximate surface area is 75.9 Å². The van der Waals surface area contributed by atoms with Crippen molar-refractivity contribution in [2.75, 3.05) is 13.2 Å². The Morgan fingerprint density at radius 3 is 2.54 bits per heavy atom. The van der Waals surface area contributed by atoms with Gasteiger partial charge >= 0.3 is 16.4 Å². The fraction of sp³-hybridized carbons (Fsp3) is 0.500. The van der Waals surface area contributed by atoms with E-state index >= 15 is 0 Å². The second-order valence-electron chi connectivity index (χ2n) is 2.25. The normalized spacial score (nSPS) is 10.9. The van der Waals surface area contributed by atoms with Crippen molar-refractivity contribution in [1.29, 1.82) is 0 Å². The molecule has 0 aliphatic heterocycles. The van der Waals surface area contributed by atoms with Crippen LogP contribution in [-0.4, -0.2) is 27.5 Å². The van der Waals surface area contributed by atoms with Crippen molar-refractivity contribution in [3.8, 4) is 0 Å². The summed E-state index contributed by atoms with van der Waals surface area (Å²) in [5, 5.41) is 0. The first-order valence-electron chi connectivity index (χ1n) is 3.35. The maximum atomic E-state index is 11.8. The van der Waals surface area contributed by atoms with Gasteiger partial charge in [-0.05, 0) is 6.92 Å². The number of carbonyl (C=O) groups is 1. The average molecular weight is 211 g/mol. The maximum Gasteiger partial charge on any atom is 0.372 e. The van der Waals surface area contributed by atoms with Crippen molar-refractivity contribution in [3.05, 3.63) is 12.2 Å². The first kappa shape index (κ1) is 12.0. The van der Waals surface area contributed by atoms with Gasteiger partial charge in [0.2, 0.25) is 0 Å². The molecule has 0 fully saturated rings. The van der Waals surface area contributed by atoms with Crippen molar-refractivity contribution in [2.45, 2.75) is 6.92 Å². The molecule has 0 atom stereocenters. The lowest BCUT2D eigenvalue weighted by Crippen LogP contribution is -2.24. The van der Waals surface area contributed by atoms with E-state index in [-0.39, 0.29) is 18.7 Å². The van der Waals surface area contributed by atoms with Crippen molar-refractivity contribution in [1.82, 2.24) is 4.72 Å². The van der Waals surface area contributed by atoms with Crippen LogP contribution < -0.4 is 4.72 Å². The molecule has 0 bridgehead atoms. The summed E-state index contributed by atoms with van der Waals surface area (Å²) in [6.45, 7) is 4.22. The molecular formula is C6H10FNO4S. The Bertz CT molecular complexity index is 298. The highest BCUT2D eigenvalue weighted by Gasteiger charge is 2.06. The third-order valence-corrected chi connectivity index (χ3v) is 1.51. The van der Waals surface area contributed by atoms with Gasteiger partial charge in [-0.15, -0.1) is 0 Å². The molecule has 13 heavy (non-hydrogen) atoms. The van der Waals surface area contributed by atoms with E-state index in [1.807, 2.05) is 0 Å². The van der Waals surface area contributed by atoms with E-state index in [0.717, 1.165) is 0 Å². The second kappa shape index (κ2) is 4.93. The molecule has 0 amide bonds. The topological polar surface area (TPSA) is 72.5 Å². The molecule has 0 aromatic heterocycles. The zero-order chi connectivity index (χ0) is 10.5. The molecule has 7 heteroatoms. The van der Waals surface area contributed by atoms with Crippen LogP contribution in [0.4, 0.5) is 3.89 Å². The smallest absolute Gasteiger partial charge is 0.372 e. The van der Waals surface area contributed by atoms with E-state index in [1.54, 1.807) is 0 Å². The summed E-state index contributed by atoms with van der Waals surface area (Å²) in [7, 11) is -4.71. The molecule has 5 nitrogen and oxygen atoms in total. The van der Waals surface area contributed by atoms with Gasteiger partial charge in [0.25, 0.3) is 0 Å². The summed E-state index contributed by atoms with van der Waals surface area (Å²) in [5.74, 6) is -0.641. The lowest BCUT2D eigenvalue weighted by molar-refractivity contribution is -0.138. The third-order valence-electron chi connectivity index (χ3n) is 0.958. The van der Waals surface area contributed by atoms with E-state index in [1.165, 1.54) is 11.6 Å². The predicted octanol–water partition coefficient (Wildman–Crippen LogP) is -0.0904. The van der Waals surface area contributed by atoms with Crippen molar-refractivity contribution in [3.63, 3.8) is 0 Å². The van der Waals surface area contributed by atoms with Gasteiger partial charge in [-0.3, -0.25) is 0 Å². The van der Waals surface area contributed by atoms with Gasteiger partial charge in [-0.1, -0.05) is 10.5 Å². The number of esters is 1. The predicted molar refractivity (Wildman–Crippen MR) is 43.8 cm³/mol. The van der Waals surface area contributed by atoms with Crippen LogP contribution in [0.1, 0.15) is 6.92 Å². The van der Waals surface area contributed by atoms with Crippen LogP contribution in [0.3, 0.4) is 0 Å². The number of hydrogen-bond donors (Lipinski definition) is 1. The van der Waals surface area contributed by atoms with E-state index in [0.29, 0.717) is 0 Å². The van der Waals surface area contributed by atoms with Crippen LogP contribution in [0.25, 0.3) is 0 Å². The zero-order valence-corrected chi connectivity index (χ0v) is 7.86. The van der Waals surface area contributed by atoms with Crippen LogP contribution >= 0.6 is 0 Å². The first-order chi connectivity index (χ1) is 5.83. The van der Waals surface area contributed by atoms with Crippen LogP contribution in [0.15, 0.2) is 12.2 Å². The number of hydrogen-bond acceptors (Lipinski definition) is 4. The minimum absolute atomic E-state index is 0.197. The molecule has 0 spiro atoms. The molecule has 0 aliphatic carbocycles. The number of nitrogens with one attached hydrogen (secondary N) is 1. The van der Waals surface area contributed by atoms with Gasteiger partial charge in [0.15, 0.2) is 0 Å². The van der Waals surface area contributed by atoms with Crippen molar-refractivity contribution in [2.24, 2.45) is 0 Å². The summed E-state index contributed by atoms with van der Waals surface area (Å²) in [4.78, 5) is 10.7. The molecule has 0 aliphatic rings. The Hall–Kier alpha value is -0.950. The number of rotatable bonds is 5. The molecule has 0 radical (unpaired) electrons. The van der Waals surface area contributed by atoms with Crippen LogP contribution in [0.2, 0.25) is 0 Å². The highest BCUT2D eigenvalue weighted by molar-refractivity contribution is 7.84. The minimum Gasteiger partial charge on any atom is -0.461 e. The third kappa shape index (κ3) is 7.41.